The van der Waals surface area contributed by atoms with E-state index in [4.69, 9.17) is 4.74 Å². The third-order valence-electron chi connectivity index (χ3n) is 9.55. The summed E-state index contributed by atoms with van der Waals surface area (Å²) in [5, 5.41) is 17.2. The number of nitrogens with one attached hydrogen (secondary N) is 4. The van der Waals surface area contributed by atoms with E-state index in [0.717, 1.165) is 35.2 Å². The Balaban J connectivity index is 1.25. The molecular formula is C37H47N7O7. The van der Waals surface area contributed by atoms with Gasteiger partial charge in [-0.05, 0) is 66.3 Å². The lowest BCUT2D eigenvalue weighted by Gasteiger charge is -2.30. The number of hydrogen-bond acceptors (Lipinski definition) is 7. The van der Waals surface area contributed by atoms with E-state index >= 15 is 0 Å². The molecule has 1 aromatic heterocycles. The summed E-state index contributed by atoms with van der Waals surface area (Å²) < 4.78 is 4.69. The first kappa shape index (κ1) is 36.9. The molecule has 4 atom stereocenters. The van der Waals surface area contributed by atoms with Crippen LogP contribution in [0.1, 0.15) is 65.2 Å². The molecule has 14 heteroatoms. The zero-order valence-electron chi connectivity index (χ0n) is 29.6. The van der Waals surface area contributed by atoms with Crippen molar-refractivity contribution in [2.45, 2.75) is 77.5 Å². The number of amides is 5. The second kappa shape index (κ2) is 16.1. The number of carboxylic acid groups (broad SMARTS) is 1. The Morgan fingerprint density at radius 2 is 1.47 bits per heavy atom. The fourth-order valence-electron chi connectivity index (χ4n) is 6.82. The van der Waals surface area contributed by atoms with Gasteiger partial charge < -0.3 is 40.6 Å². The molecule has 0 saturated carbocycles. The van der Waals surface area contributed by atoms with Crippen molar-refractivity contribution in [3.05, 3.63) is 60.6 Å². The first-order chi connectivity index (χ1) is 24.4. The minimum atomic E-state index is -1.23. The van der Waals surface area contributed by atoms with E-state index in [1.807, 2.05) is 70.2 Å². The third kappa shape index (κ3) is 8.50. The highest BCUT2D eigenvalue weighted by atomic mass is 16.5. The number of ether oxygens (including phenoxy) is 1. The molecule has 5 amide bonds. The lowest BCUT2D eigenvalue weighted by molar-refractivity contribution is -0.139. The Hall–Kier alpha value is -5.40. The van der Waals surface area contributed by atoms with Gasteiger partial charge in [0.25, 0.3) is 0 Å². The largest absolute Gasteiger partial charge is 0.465 e. The molecule has 2 saturated heterocycles. The predicted octanol–water partition coefficient (Wildman–Crippen LogP) is 5.01. The molecule has 0 bridgehead atoms. The zero-order chi connectivity index (χ0) is 36.8. The Labute approximate surface area is 297 Å². The van der Waals surface area contributed by atoms with Gasteiger partial charge in [-0.15, -0.1) is 0 Å². The van der Waals surface area contributed by atoms with Crippen LogP contribution >= 0.6 is 0 Å². The maximum atomic E-state index is 13.4. The van der Waals surface area contributed by atoms with Crippen LogP contribution in [0.2, 0.25) is 0 Å². The molecule has 0 spiro atoms. The second-order valence-electron chi connectivity index (χ2n) is 13.7. The van der Waals surface area contributed by atoms with Crippen molar-refractivity contribution < 1.29 is 33.8 Å². The van der Waals surface area contributed by atoms with Crippen LogP contribution in [0.3, 0.4) is 0 Å². The van der Waals surface area contributed by atoms with Gasteiger partial charge in [-0.2, -0.15) is 0 Å². The maximum Gasteiger partial charge on any atom is 0.407 e. The van der Waals surface area contributed by atoms with Gasteiger partial charge >= 0.3 is 12.2 Å². The highest BCUT2D eigenvalue weighted by Crippen LogP contribution is 2.33. The van der Waals surface area contributed by atoms with E-state index in [2.05, 4.69) is 25.9 Å². The number of alkyl carbamates (subject to hydrolysis) is 1. The Morgan fingerprint density at radius 3 is 2.14 bits per heavy atom. The summed E-state index contributed by atoms with van der Waals surface area (Å²) in [6.45, 7) is 8.24. The summed E-state index contributed by atoms with van der Waals surface area (Å²) in [6, 6.07) is 12.8. The van der Waals surface area contributed by atoms with Crippen LogP contribution in [0.15, 0.2) is 54.7 Å². The number of methoxy groups -OCH3 is 1. The fourth-order valence-corrected chi connectivity index (χ4v) is 6.82. The van der Waals surface area contributed by atoms with Gasteiger partial charge in [0.05, 0.1) is 25.0 Å². The van der Waals surface area contributed by atoms with E-state index in [1.54, 1.807) is 22.1 Å². The minimum Gasteiger partial charge on any atom is -0.465 e. The number of rotatable bonds is 11. The molecule has 3 heterocycles. The highest BCUT2D eigenvalue weighted by Gasteiger charge is 2.39. The summed E-state index contributed by atoms with van der Waals surface area (Å²) in [5.74, 6) is -0.593. The van der Waals surface area contributed by atoms with Gasteiger partial charge in [-0.25, -0.2) is 14.6 Å². The van der Waals surface area contributed by atoms with E-state index in [-0.39, 0.29) is 35.6 Å². The lowest BCUT2D eigenvalue weighted by Crippen LogP contribution is -2.54. The molecule has 4 unspecified atom stereocenters. The molecule has 2 fully saturated rings. The van der Waals surface area contributed by atoms with Gasteiger partial charge in [-0.1, -0.05) is 64.1 Å². The lowest BCUT2D eigenvalue weighted by atomic mass is 10.0. The molecule has 5 rings (SSSR count). The van der Waals surface area contributed by atoms with Crippen molar-refractivity contribution >= 4 is 35.6 Å². The van der Waals surface area contributed by atoms with Crippen molar-refractivity contribution in [2.75, 3.05) is 25.5 Å². The monoisotopic (exact) mass is 701 g/mol. The minimum absolute atomic E-state index is 0.194. The zero-order valence-corrected chi connectivity index (χ0v) is 29.6. The van der Waals surface area contributed by atoms with Crippen LogP contribution in [0, 0.1) is 11.8 Å². The third-order valence-corrected chi connectivity index (χ3v) is 9.55. The van der Waals surface area contributed by atoms with Crippen LogP contribution in [0.5, 0.6) is 0 Å². The number of anilines is 1. The van der Waals surface area contributed by atoms with Crippen LogP contribution < -0.4 is 16.0 Å². The molecule has 272 valence electrons. The Morgan fingerprint density at radius 1 is 0.843 bits per heavy atom. The van der Waals surface area contributed by atoms with Crippen LogP contribution in [0.4, 0.5) is 15.3 Å². The topological polar surface area (TPSA) is 186 Å². The molecule has 14 nitrogen and oxygen atoms in total. The number of nitrogens with zero attached hydrogens (tertiary/aromatic N) is 3. The number of carbonyl (C=O) groups is 5. The molecule has 2 aromatic carbocycles. The first-order valence-corrected chi connectivity index (χ1v) is 17.4. The summed E-state index contributed by atoms with van der Waals surface area (Å²) in [5.41, 5.74) is 4.11. The van der Waals surface area contributed by atoms with Crippen molar-refractivity contribution in [3.63, 3.8) is 0 Å². The van der Waals surface area contributed by atoms with Crippen LogP contribution in [-0.4, -0.2) is 93.1 Å². The number of H-pyrrole nitrogens is 1. The Bertz CT molecular complexity index is 1740. The van der Waals surface area contributed by atoms with E-state index < -0.39 is 30.3 Å². The standard InChI is InChI=1S/C37H47N7O7/c1-21(2)30(41-36(48)49)34(46)43-17-7-11-28(43)32-38-20-27(40-32)24-15-13-23(14-16-24)25-9-6-10-26(19-25)39-33(45)29-12-8-18-44(29)35(47)31(22(3)4)42-37(50)51-5/h6,9-10,13-16,19-22,28-31,41H,7-8,11-12,17-18H2,1-5H3,(H,38,40)(H,39,45)(H,42,50)(H,48,49). The van der Waals surface area contributed by atoms with Crippen molar-refractivity contribution in [1.29, 1.82) is 0 Å². The van der Waals surface area contributed by atoms with Crippen molar-refractivity contribution in [1.82, 2.24) is 30.4 Å². The number of likely N-dealkylation sites (tertiary alicyclic amines) is 2. The first-order valence-electron chi connectivity index (χ1n) is 17.4. The molecule has 5 N–H and O–H groups in total. The van der Waals surface area contributed by atoms with Crippen molar-refractivity contribution in [2.24, 2.45) is 11.8 Å². The summed E-state index contributed by atoms with van der Waals surface area (Å²) >= 11 is 0. The van der Waals surface area contributed by atoms with Gasteiger partial charge in [0.15, 0.2) is 0 Å². The summed E-state index contributed by atoms with van der Waals surface area (Å²) in [4.78, 5) is 74.6. The molecule has 2 aliphatic heterocycles. The molecule has 3 aromatic rings. The molecular weight excluding hydrogens is 654 g/mol. The maximum absolute atomic E-state index is 13.4. The normalized spacial score (nSPS) is 18.4. The van der Waals surface area contributed by atoms with Crippen LogP contribution in [0.25, 0.3) is 22.4 Å². The number of hydrogen-bond donors (Lipinski definition) is 5. The van der Waals surface area contributed by atoms with E-state index in [0.29, 0.717) is 37.4 Å². The van der Waals surface area contributed by atoms with Gasteiger partial charge in [-0.3, -0.25) is 14.4 Å². The summed E-state index contributed by atoms with van der Waals surface area (Å²) in [6.07, 6.45) is 2.53. The Kier molecular flexibility index (Phi) is 11.6. The average molecular weight is 702 g/mol. The molecule has 2 aliphatic rings. The second-order valence-corrected chi connectivity index (χ2v) is 13.7. The SMILES string of the molecule is COC(=O)NC(C(=O)N1CCCC1C(=O)Nc1cccc(-c2ccc(-c3cnc(C4CCCN4C(=O)C(NC(=O)O)C(C)C)[nH]3)cc2)c1)C(C)C. The van der Waals surface area contributed by atoms with Crippen LogP contribution in [-0.2, 0) is 19.1 Å². The average Bonchev–Trinajstić information content (AvgIpc) is 3.90. The van der Waals surface area contributed by atoms with E-state index in [9.17, 15) is 29.1 Å². The molecule has 51 heavy (non-hydrogen) atoms. The van der Waals surface area contributed by atoms with Crippen molar-refractivity contribution in [3.8, 4) is 22.4 Å². The fraction of sp³-hybridized carbons (Fsp3) is 0.459. The quantitative estimate of drug-likeness (QED) is 0.185. The number of aromatic nitrogens is 2. The number of carbonyl (C=O) groups excluding carboxylic acids is 4. The smallest absolute Gasteiger partial charge is 0.407 e. The van der Waals surface area contributed by atoms with Gasteiger partial charge in [0, 0.05) is 18.8 Å². The van der Waals surface area contributed by atoms with E-state index in [1.165, 1.54) is 7.11 Å². The summed E-state index contributed by atoms with van der Waals surface area (Å²) in [7, 11) is 1.24. The number of benzene rings is 2. The number of imidazole rings is 1. The highest BCUT2D eigenvalue weighted by molar-refractivity contribution is 5.99. The predicted molar refractivity (Wildman–Crippen MR) is 190 cm³/mol. The van der Waals surface area contributed by atoms with Gasteiger partial charge in [0.2, 0.25) is 17.7 Å². The molecule has 0 radical (unpaired) electrons. The van der Waals surface area contributed by atoms with Gasteiger partial charge in [0.1, 0.15) is 23.9 Å². The molecule has 0 aliphatic carbocycles. The number of aromatic amines is 1.